The molecular formula is C19H24O6. The van der Waals surface area contributed by atoms with Crippen molar-refractivity contribution in [1.29, 1.82) is 0 Å². The van der Waals surface area contributed by atoms with Crippen LogP contribution in [0.25, 0.3) is 0 Å². The molecule has 4 bridgehead atoms. The van der Waals surface area contributed by atoms with Crippen LogP contribution in [-0.4, -0.2) is 45.1 Å². The normalized spacial score (nSPS) is 58.7. The highest BCUT2D eigenvalue weighted by Gasteiger charge is 2.85. The predicted octanol–water partition coefficient (Wildman–Crippen LogP) is 1.11. The Labute approximate surface area is 145 Å². The summed E-state index contributed by atoms with van der Waals surface area (Å²) < 4.78 is 5.87. The van der Waals surface area contributed by atoms with Gasteiger partial charge in [0.1, 0.15) is 5.60 Å². The topological polar surface area (TPSA) is 104 Å². The molecule has 1 saturated heterocycles. The molecule has 4 saturated carbocycles. The van der Waals surface area contributed by atoms with Gasteiger partial charge in [0.05, 0.1) is 23.5 Å². The SMILES string of the molecule is C=C1C[C@]23CC1CC[C@H]2[C@@]12OC(=O)[C@@](C)([C@H]1[C@@H]3C(=O)O)[C@@H](O)C[C@H]2O. The molecule has 1 heterocycles. The first-order valence-electron chi connectivity index (χ1n) is 9.19. The van der Waals surface area contributed by atoms with E-state index in [0.717, 1.165) is 24.8 Å². The van der Waals surface area contributed by atoms with Crippen molar-refractivity contribution in [1.82, 2.24) is 0 Å². The number of aliphatic hydroxyl groups excluding tert-OH is 2. The molecule has 25 heavy (non-hydrogen) atoms. The van der Waals surface area contributed by atoms with Gasteiger partial charge >= 0.3 is 11.9 Å². The third-order valence-electron chi connectivity index (χ3n) is 8.52. The Morgan fingerprint density at radius 3 is 2.68 bits per heavy atom. The number of carbonyl (C=O) groups is 2. The second-order valence-electron chi connectivity index (χ2n) is 9.19. The lowest BCUT2D eigenvalue weighted by Crippen LogP contribution is -2.60. The van der Waals surface area contributed by atoms with Gasteiger partial charge in [0.25, 0.3) is 0 Å². The van der Waals surface area contributed by atoms with E-state index in [4.69, 9.17) is 4.74 Å². The summed E-state index contributed by atoms with van der Waals surface area (Å²) in [5.74, 6) is -2.87. The molecule has 0 radical (unpaired) electrons. The lowest BCUT2D eigenvalue weighted by Gasteiger charge is -2.47. The van der Waals surface area contributed by atoms with Crippen molar-refractivity contribution in [2.45, 2.75) is 56.8 Å². The predicted molar refractivity (Wildman–Crippen MR) is 85.2 cm³/mol. The number of rotatable bonds is 1. The van der Waals surface area contributed by atoms with Gasteiger partial charge in [-0.2, -0.15) is 0 Å². The van der Waals surface area contributed by atoms with Crippen molar-refractivity contribution in [2.75, 3.05) is 0 Å². The van der Waals surface area contributed by atoms with E-state index in [1.54, 1.807) is 6.92 Å². The van der Waals surface area contributed by atoms with Crippen LogP contribution in [0.2, 0.25) is 0 Å². The molecule has 0 aromatic rings. The number of aliphatic hydroxyl groups is 2. The maximum Gasteiger partial charge on any atom is 0.315 e. The van der Waals surface area contributed by atoms with Gasteiger partial charge < -0.3 is 20.1 Å². The molecule has 5 rings (SSSR count). The van der Waals surface area contributed by atoms with Gasteiger partial charge in [-0.25, -0.2) is 0 Å². The summed E-state index contributed by atoms with van der Waals surface area (Å²) in [5, 5.41) is 31.7. The molecule has 5 aliphatic rings. The first kappa shape index (κ1) is 15.8. The Morgan fingerprint density at radius 2 is 2.00 bits per heavy atom. The van der Waals surface area contributed by atoms with E-state index in [-0.39, 0.29) is 12.3 Å². The Morgan fingerprint density at radius 1 is 1.28 bits per heavy atom. The number of aliphatic carboxylic acids is 1. The summed E-state index contributed by atoms with van der Waals surface area (Å²) in [6.45, 7) is 5.81. The third kappa shape index (κ3) is 1.41. The Balaban J connectivity index is 1.78. The van der Waals surface area contributed by atoms with Gasteiger partial charge in [0.15, 0.2) is 0 Å². The number of esters is 1. The van der Waals surface area contributed by atoms with Crippen LogP contribution in [-0.2, 0) is 14.3 Å². The van der Waals surface area contributed by atoms with Crippen LogP contribution in [0.4, 0.5) is 0 Å². The van der Waals surface area contributed by atoms with E-state index in [9.17, 15) is 24.9 Å². The van der Waals surface area contributed by atoms with Crippen molar-refractivity contribution in [3.63, 3.8) is 0 Å². The fourth-order valence-corrected chi connectivity index (χ4v) is 7.63. The third-order valence-corrected chi connectivity index (χ3v) is 8.52. The monoisotopic (exact) mass is 348 g/mol. The number of hydrogen-bond donors (Lipinski definition) is 3. The van der Waals surface area contributed by atoms with Crippen LogP contribution >= 0.6 is 0 Å². The molecule has 9 atom stereocenters. The van der Waals surface area contributed by atoms with Crippen LogP contribution < -0.4 is 0 Å². The molecule has 0 amide bonds. The molecule has 6 nitrogen and oxygen atoms in total. The maximum atomic E-state index is 12.7. The summed E-state index contributed by atoms with van der Waals surface area (Å²) in [7, 11) is 0. The highest BCUT2D eigenvalue weighted by molar-refractivity contribution is 5.85. The molecule has 5 fully saturated rings. The molecule has 1 aliphatic heterocycles. The highest BCUT2D eigenvalue weighted by Crippen LogP contribution is 2.77. The van der Waals surface area contributed by atoms with Gasteiger partial charge in [-0.15, -0.1) is 0 Å². The van der Waals surface area contributed by atoms with Crippen molar-refractivity contribution in [3.8, 4) is 0 Å². The smallest absolute Gasteiger partial charge is 0.315 e. The van der Waals surface area contributed by atoms with Crippen molar-refractivity contribution < 1.29 is 29.6 Å². The minimum atomic E-state index is -1.27. The van der Waals surface area contributed by atoms with Gasteiger partial charge in [0, 0.05) is 18.3 Å². The molecule has 6 heteroatoms. The second kappa shape index (κ2) is 4.29. The molecule has 1 unspecified atom stereocenters. The molecule has 1 spiro atoms. The number of carboxylic acids is 1. The van der Waals surface area contributed by atoms with E-state index >= 15 is 0 Å². The van der Waals surface area contributed by atoms with Crippen LogP contribution in [0.15, 0.2) is 12.2 Å². The molecular weight excluding hydrogens is 324 g/mol. The summed E-state index contributed by atoms with van der Waals surface area (Å²) >= 11 is 0. The second-order valence-corrected chi connectivity index (χ2v) is 9.19. The first-order chi connectivity index (χ1) is 11.7. The number of carboxylic acid groups (broad SMARTS) is 1. The Bertz CT molecular complexity index is 717. The summed E-state index contributed by atoms with van der Waals surface area (Å²) in [6.07, 6.45) is 0.937. The number of hydrogen-bond acceptors (Lipinski definition) is 5. The number of allylic oxidation sites excluding steroid dienone is 1. The fraction of sp³-hybridized carbons (Fsp3) is 0.789. The van der Waals surface area contributed by atoms with Crippen LogP contribution in [0, 0.1) is 34.5 Å². The average molecular weight is 348 g/mol. The molecule has 0 aromatic carbocycles. The van der Waals surface area contributed by atoms with Gasteiger partial charge in [0.2, 0.25) is 0 Å². The molecule has 4 aliphatic carbocycles. The minimum absolute atomic E-state index is 0.0576. The number of ether oxygens (including phenoxy) is 1. The van der Waals surface area contributed by atoms with Crippen LogP contribution in [0.1, 0.15) is 39.0 Å². The standard InChI is InChI=1S/C19H24O6/c1-8-6-18-7-9(8)3-4-10(18)19-12(21)5-11(20)17(2,16(24)25-19)14(19)13(18)15(22)23/h9-14,20-21H,1,3-7H2,2H3,(H,22,23)/t9?,10-,11+,12-,13-,14-,17-,18+,19+/m1/s1. The lowest BCUT2D eigenvalue weighted by atomic mass is 9.58. The van der Waals surface area contributed by atoms with Gasteiger partial charge in [-0.05, 0) is 43.9 Å². The average Bonchev–Trinajstić information content (AvgIpc) is 3.01. The molecule has 3 N–H and O–H groups in total. The quantitative estimate of drug-likeness (QED) is 0.484. The zero-order valence-electron chi connectivity index (χ0n) is 14.3. The first-order valence-corrected chi connectivity index (χ1v) is 9.19. The zero-order chi connectivity index (χ0) is 17.9. The summed E-state index contributed by atoms with van der Waals surface area (Å²) in [5.41, 5.74) is -1.88. The Hall–Kier alpha value is -1.40. The Kier molecular flexibility index (Phi) is 2.71. The maximum absolute atomic E-state index is 12.7. The highest BCUT2D eigenvalue weighted by atomic mass is 16.6. The van der Waals surface area contributed by atoms with Gasteiger partial charge in [-0.3, -0.25) is 9.59 Å². The van der Waals surface area contributed by atoms with Crippen LogP contribution in [0.5, 0.6) is 0 Å². The largest absolute Gasteiger partial charge is 0.481 e. The molecule has 0 aromatic heterocycles. The summed E-state index contributed by atoms with van der Waals surface area (Å²) in [4.78, 5) is 25.2. The van der Waals surface area contributed by atoms with Crippen molar-refractivity contribution >= 4 is 11.9 Å². The van der Waals surface area contributed by atoms with E-state index in [1.807, 2.05) is 0 Å². The molecule has 136 valence electrons. The number of carbonyl (C=O) groups excluding carboxylic acids is 1. The van der Waals surface area contributed by atoms with E-state index in [1.165, 1.54) is 0 Å². The zero-order valence-corrected chi connectivity index (χ0v) is 14.3. The minimum Gasteiger partial charge on any atom is -0.481 e. The number of fused-ring (bicyclic) bond motifs is 1. The van der Waals surface area contributed by atoms with Crippen LogP contribution in [0.3, 0.4) is 0 Å². The lowest BCUT2D eigenvalue weighted by molar-refractivity contribution is -0.177. The summed E-state index contributed by atoms with van der Waals surface area (Å²) in [6, 6.07) is 0. The van der Waals surface area contributed by atoms with E-state index in [2.05, 4.69) is 6.58 Å². The van der Waals surface area contributed by atoms with Crippen molar-refractivity contribution in [3.05, 3.63) is 12.2 Å². The van der Waals surface area contributed by atoms with E-state index in [0.29, 0.717) is 12.3 Å². The van der Waals surface area contributed by atoms with E-state index < -0.39 is 52.4 Å². The van der Waals surface area contributed by atoms with Gasteiger partial charge in [-0.1, -0.05) is 12.2 Å². The van der Waals surface area contributed by atoms with Crippen molar-refractivity contribution in [2.24, 2.45) is 34.5 Å². The fourth-order valence-electron chi connectivity index (χ4n) is 7.63.